The Hall–Kier alpha value is -1.49. The lowest BCUT2D eigenvalue weighted by molar-refractivity contribution is 0.950. The van der Waals surface area contributed by atoms with Crippen molar-refractivity contribution in [3.8, 4) is 0 Å². The lowest BCUT2D eigenvalue weighted by Gasteiger charge is -2.05. The lowest BCUT2D eigenvalue weighted by Crippen LogP contribution is -2.08. The van der Waals surface area contributed by atoms with Gasteiger partial charge < -0.3 is 5.32 Å². The van der Waals surface area contributed by atoms with E-state index in [1.807, 2.05) is 13.8 Å². The SMILES string of the molecule is Cc1nc(CCNc2nccnc2C)cs1. The van der Waals surface area contributed by atoms with Gasteiger partial charge >= 0.3 is 0 Å². The van der Waals surface area contributed by atoms with E-state index in [1.165, 1.54) is 0 Å². The van der Waals surface area contributed by atoms with E-state index in [9.17, 15) is 0 Å². The number of anilines is 1. The first kappa shape index (κ1) is 11.0. The van der Waals surface area contributed by atoms with Gasteiger partial charge in [-0.25, -0.2) is 9.97 Å². The summed E-state index contributed by atoms with van der Waals surface area (Å²) in [6, 6.07) is 0. The summed E-state index contributed by atoms with van der Waals surface area (Å²) in [6.07, 6.45) is 4.31. The van der Waals surface area contributed by atoms with Crippen molar-refractivity contribution in [2.75, 3.05) is 11.9 Å². The number of nitrogens with zero attached hydrogens (tertiary/aromatic N) is 3. The minimum Gasteiger partial charge on any atom is -0.368 e. The van der Waals surface area contributed by atoms with Crippen molar-refractivity contribution in [3.05, 3.63) is 34.2 Å². The molecule has 0 saturated carbocycles. The van der Waals surface area contributed by atoms with E-state index < -0.39 is 0 Å². The molecule has 0 aliphatic carbocycles. The number of hydrogen-bond donors (Lipinski definition) is 1. The van der Waals surface area contributed by atoms with Crippen molar-refractivity contribution >= 4 is 17.2 Å². The van der Waals surface area contributed by atoms with Crippen LogP contribution in [0, 0.1) is 13.8 Å². The van der Waals surface area contributed by atoms with Gasteiger partial charge in [0, 0.05) is 30.7 Å². The van der Waals surface area contributed by atoms with Crippen LogP contribution in [-0.4, -0.2) is 21.5 Å². The molecule has 0 aliphatic heterocycles. The third kappa shape index (κ3) is 2.76. The second-order valence-electron chi connectivity index (χ2n) is 3.52. The molecule has 5 heteroatoms. The maximum Gasteiger partial charge on any atom is 0.147 e. The Bertz CT molecular complexity index is 467. The van der Waals surface area contributed by atoms with Gasteiger partial charge in [0.1, 0.15) is 5.82 Å². The Morgan fingerprint density at radius 3 is 2.75 bits per heavy atom. The smallest absolute Gasteiger partial charge is 0.147 e. The van der Waals surface area contributed by atoms with E-state index in [-0.39, 0.29) is 0 Å². The Balaban J connectivity index is 1.87. The molecule has 0 spiro atoms. The summed E-state index contributed by atoms with van der Waals surface area (Å²) in [7, 11) is 0. The quantitative estimate of drug-likeness (QED) is 0.881. The van der Waals surface area contributed by atoms with Gasteiger partial charge in [-0.2, -0.15) is 0 Å². The molecule has 2 rings (SSSR count). The maximum atomic E-state index is 4.41. The largest absolute Gasteiger partial charge is 0.368 e. The molecule has 84 valence electrons. The van der Waals surface area contributed by atoms with Crippen LogP contribution in [0.5, 0.6) is 0 Å². The molecule has 4 nitrogen and oxygen atoms in total. The van der Waals surface area contributed by atoms with Gasteiger partial charge in [-0.3, -0.25) is 4.98 Å². The van der Waals surface area contributed by atoms with Crippen molar-refractivity contribution < 1.29 is 0 Å². The van der Waals surface area contributed by atoms with Crippen molar-refractivity contribution in [2.24, 2.45) is 0 Å². The highest BCUT2D eigenvalue weighted by Gasteiger charge is 2.00. The molecule has 0 radical (unpaired) electrons. The van der Waals surface area contributed by atoms with E-state index in [4.69, 9.17) is 0 Å². The summed E-state index contributed by atoms with van der Waals surface area (Å²) >= 11 is 1.69. The summed E-state index contributed by atoms with van der Waals surface area (Å²) in [5.41, 5.74) is 2.06. The first-order valence-corrected chi connectivity index (χ1v) is 6.06. The summed E-state index contributed by atoms with van der Waals surface area (Å²) in [4.78, 5) is 12.8. The minimum atomic E-state index is 0.836. The van der Waals surface area contributed by atoms with Gasteiger partial charge in [-0.15, -0.1) is 11.3 Å². The third-order valence-electron chi connectivity index (χ3n) is 2.22. The van der Waals surface area contributed by atoms with Gasteiger partial charge in [-0.1, -0.05) is 0 Å². The standard InChI is InChI=1S/C11H14N4S/c1-8-11(14-6-5-12-8)13-4-3-10-7-16-9(2)15-10/h5-7H,3-4H2,1-2H3,(H,13,14). The first-order chi connectivity index (χ1) is 7.75. The maximum absolute atomic E-state index is 4.41. The van der Waals surface area contributed by atoms with E-state index in [0.29, 0.717) is 0 Å². The molecule has 0 aliphatic rings. The number of aryl methyl sites for hydroxylation is 2. The third-order valence-corrected chi connectivity index (χ3v) is 3.04. The monoisotopic (exact) mass is 234 g/mol. The van der Waals surface area contributed by atoms with Crippen LogP contribution in [-0.2, 0) is 6.42 Å². The average molecular weight is 234 g/mol. The van der Waals surface area contributed by atoms with Crippen LogP contribution in [0.15, 0.2) is 17.8 Å². The Morgan fingerprint density at radius 2 is 2.06 bits per heavy atom. The van der Waals surface area contributed by atoms with Gasteiger partial charge in [0.05, 0.1) is 16.4 Å². The van der Waals surface area contributed by atoms with E-state index in [2.05, 4.69) is 25.6 Å². The normalized spacial score (nSPS) is 10.4. The van der Waals surface area contributed by atoms with Gasteiger partial charge in [0.2, 0.25) is 0 Å². The van der Waals surface area contributed by atoms with Crippen LogP contribution in [0.1, 0.15) is 16.4 Å². The predicted octanol–water partition coefficient (Wildman–Crippen LogP) is 2.20. The van der Waals surface area contributed by atoms with Crippen molar-refractivity contribution in [1.29, 1.82) is 0 Å². The Morgan fingerprint density at radius 1 is 1.25 bits per heavy atom. The average Bonchev–Trinajstić information content (AvgIpc) is 2.67. The Labute approximate surface area is 98.8 Å². The van der Waals surface area contributed by atoms with Crippen molar-refractivity contribution in [2.45, 2.75) is 20.3 Å². The van der Waals surface area contributed by atoms with E-state index in [0.717, 1.165) is 35.2 Å². The number of nitrogens with one attached hydrogen (secondary N) is 1. The molecule has 2 aromatic heterocycles. The molecule has 0 unspecified atom stereocenters. The lowest BCUT2D eigenvalue weighted by atomic mass is 10.3. The minimum absolute atomic E-state index is 0.836. The first-order valence-electron chi connectivity index (χ1n) is 5.18. The van der Waals surface area contributed by atoms with E-state index >= 15 is 0 Å². The molecule has 16 heavy (non-hydrogen) atoms. The molecule has 2 heterocycles. The molecule has 0 fully saturated rings. The molecule has 0 bridgehead atoms. The van der Waals surface area contributed by atoms with Crippen LogP contribution in [0.25, 0.3) is 0 Å². The zero-order chi connectivity index (χ0) is 11.4. The molecule has 0 aromatic carbocycles. The highest BCUT2D eigenvalue weighted by molar-refractivity contribution is 7.09. The van der Waals surface area contributed by atoms with Gasteiger partial charge in [0.25, 0.3) is 0 Å². The fraction of sp³-hybridized carbons (Fsp3) is 0.364. The summed E-state index contributed by atoms with van der Waals surface area (Å²) in [5, 5.41) is 6.48. The molecule has 2 aromatic rings. The zero-order valence-corrected chi connectivity index (χ0v) is 10.2. The number of thiazole rings is 1. The summed E-state index contributed by atoms with van der Waals surface area (Å²) < 4.78 is 0. The van der Waals surface area contributed by atoms with Gasteiger partial charge in [-0.05, 0) is 13.8 Å². The van der Waals surface area contributed by atoms with Crippen molar-refractivity contribution in [3.63, 3.8) is 0 Å². The second kappa shape index (κ2) is 5.03. The predicted molar refractivity (Wildman–Crippen MR) is 65.8 cm³/mol. The van der Waals surface area contributed by atoms with Crippen LogP contribution < -0.4 is 5.32 Å². The second-order valence-corrected chi connectivity index (χ2v) is 4.59. The number of aromatic nitrogens is 3. The van der Waals surface area contributed by atoms with Gasteiger partial charge in [0.15, 0.2) is 0 Å². The topological polar surface area (TPSA) is 50.7 Å². The van der Waals surface area contributed by atoms with E-state index in [1.54, 1.807) is 23.7 Å². The van der Waals surface area contributed by atoms with Crippen LogP contribution in [0.3, 0.4) is 0 Å². The zero-order valence-electron chi connectivity index (χ0n) is 9.40. The Kier molecular flexibility index (Phi) is 3.46. The fourth-order valence-electron chi connectivity index (χ4n) is 1.41. The molecule has 0 atom stereocenters. The molecule has 0 saturated heterocycles. The molecular formula is C11H14N4S. The molecule has 1 N–H and O–H groups in total. The number of rotatable bonds is 4. The van der Waals surface area contributed by atoms with Crippen LogP contribution in [0.4, 0.5) is 5.82 Å². The van der Waals surface area contributed by atoms with Crippen LogP contribution >= 0.6 is 11.3 Å². The summed E-state index contributed by atoms with van der Waals surface area (Å²) in [6.45, 7) is 4.81. The molecule has 0 amide bonds. The fourth-order valence-corrected chi connectivity index (χ4v) is 2.06. The molecular weight excluding hydrogens is 220 g/mol. The summed E-state index contributed by atoms with van der Waals surface area (Å²) in [5.74, 6) is 0.856. The van der Waals surface area contributed by atoms with Crippen LogP contribution in [0.2, 0.25) is 0 Å². The van der Waals surface area contributed by atoms with Crippen molar-refractivity contribution in [1.82, 2.24) is 15.0 Å². The number of hydrogen-bond acceptors (Lipinski definition) is 5. The highest BCUT2D eigenvalue weighted by Crippen LogP contribution is 2.09. The highest BCUT2D eigenvalue weighted by atomic mass is 32.1.